The molecule has 0 aliphatic rings. The third-order valence-electron chi connectivity index (χ3n) is 3.04. The lowest BCUT2D eigenvalue weighted by atomic mass is 10.1. The molecule has 0 spiro atoms. The maximum atomic E-state index is 12.4. The van der Waals surface area contributed by atoms with Crippen LogP contribution in [0.3, 0.4) is 0 Å². The Bertz CT molecular complexity index is 413. The van der Waals surface area contributed by atoms with E-state index in [1.807, 2.05) is 29.2 Å². The second-order valence-electron chi connectivity index (χ2n) is 5.52. The predicted molar refractivity (Wildman–Crippen MR) is 78.4 cm³/mol. The summed E-state index contributed by atoms with van der Waals surface area (Å²) in [6.07, 6.45) is 0.398. The summed E-state index contributed by atoms with van der Waals surface area (Å²) < 4.78 is 5.30. The molecule has 0 radical (unpaired) electrons. The highest BCUT2D eigenvalue weighted by molar-refractivity contribution is 5.79. The number of para-hydroxylation sites is 1. The fourth-order valence-electron chi connectivity index (χ4n) is 2.11. The first-order valence-corrected chi connectivity index (χ1v) is 6.87. The first-order chi connectivity index (χ1) is 8.95. The van der Waals surface area contributed by atoms with Crippen LogP contribution in [0.2, 0.25) is 0 Å². The topological polar surface area (TPSA) is 29.5 Å². The summed E-state index contributed by atoms with van der Waals surface area (Å²) in [6.45, 7) is 9.17. The van der Waals surface area contributed by atoms with Crippen molar-refractivity contribution in [3.63, 3.8) is 0 Å². The average molecular weight is 263 g/mol. The normalized spacial score (nSPS) is 10.9. The van der Waals surface area contributed by atoms with E-state index in [9.17, 15) is 4.79 Å². The van der Waals surface area contributed by atoms with Crippen molar-refractivity contribution in [2.45, 2.75) is 40.2 Å². The van der Waals surface area contributed by atoms with E-state index in [-0.39, 0.29) is 11.9 Å². The summed E-state index contributed by atoms with van der Waals surface area (Å²) in [4.78, 5) is 14.4. The lowest BCUT2D eigenvalue weighted by Gasteiger charge is -2.28. The number of nitrogens with zero attached hydrogens (tertiary/aromatic N) is 1. The number of hydrogen-bond acceptors (Lipinski definition) is 2. The van der Waals surface area contributed by atoms with Crippen molar-refractivity contribution in [1.82, 2.24) is 4.90 Å². The van der Waals surface area contributed by atoms with Crippen LogP contribution in [0.1, 0.15) is 33.3 Å². The molecule has 1 amide bonds. The minimum atomic E-state index is 0.160. The van der Waals surface area contributed by atoms with Crippen molar-refractivity contribution < 1.29 is 9.53 Å². The first kappa shape index (κ1) is 15.5. The highest BCUT2D eigenvalue weighted by atomic mass is 16.5. The van der Waals surface area contributed by atoms with Crippen molar-refractivity contribution in [3.05, 3.63) is 29.8 Å². The molecule has 106 valence electrons. The lowest BCUT2D eigenvalue weighted by molar-refractivity contribution is -0.132. The number of carbonyl (C=O) groups is 1. The lowest BCUT2D eigenvalue weighted by Crippen LogP contribution is -2.40. The molecule has 0 saturated carbocycles. The smallest absolute Gasteiger partial charge is 0.227 e. The summed E-state index contributed by atoms with van der Waals surface area (Å²) in [6, 6.07) is 7.92. The van der Waals surface area contributed by atoms with E-state index in [2.05, 4.69) is 27.7 Å². The third-order valence-corrected chi connectivity index (χ3v) is 3.04. The van der Waals surface area contributed by atoms with Gasteiger partial charge >= 0.3 is 0 Å². The van der Waals surface area contributed by atoms with E-state index >= 15 is 0 Å². The second kappa shape index (κ2) is 7.17. The maximum absolute atomic E-state index is 12.4. The zero-order chi connectivity index (χ0) is 14.4. The Morgan fingerprint density at radius 2 is 1.84 bits per heavy atom. The van der Waals surface area contributed by atoms with Crippen LogP contribution in [0.25, 0.3) is 0 Å². The van der Waals surface area contributed by atoms with Gasteiger partial charge in [-0.15, -0.1) is 0 Å². The number of carbonyl (C=O) groups excluding carboxylic acids is 1. The number of methoxy groups -OCH3 is 1. The SMILES string of the molecule is COc1ccccc1CC(=O)N(CC(C)C)C(C)C. The first-order valence-electron chi connectivity index (χ1n) is 6.87. The van der Waals surface area contributed by atoms with Gasteiger partial charge in [-0.2, -0.15) is 0 Å². The largest absolute Gasteiger partial charge is 0.496 e. The highest BCUT2D eigenvalue weighted by Gasteiger charge is 2.19. The summed E-state index contributed by atoms with van der Waals surface area (Å²) in [5.74, 6) is 1.42. The van der Waals surface area contributed by atoms with Gasteiger partial charge in [0.25, 0.3) is 0 Å². The Kier molecular flexibility index (Phi) is 5.87. The van der Waals surface area contributed by atoms with Crippen LogP contribution in [-0.4, -0.2) is 30.5 Å². The minimum absolute atomic E-state index is 0.160. The van der Waals surface area contributed by atoms with E-state index in [1.54, 1.807) is 7.11 Å². The molecule has 1 rings (SSSR count). The summed E-state index contributed by atoms with van der Waals surface area (Å²) in [7, 11) is 1.64. The summed E-state index contributed by atoms with van der Waals surface area (Å²) in [5, 5.41) is 0. The van der Waals surface area contributed by atoms with Crippen LogP contribution in [0, 0.1) is 5.92 Å². The van der Waals surface area contributed by atoms with Gasteiger partial charge in [0, 0.05) is 18.2 Å². The zero-order valence-corrected chi connectivity index (χ0v) is 12.6. The second-order valence-corrected chi connectivity index (χ2v) is 5.52. The van der Waals surface area contributed by atoms with Gasteiger partial charge in [-0.1, -0.05) is 32.0 Å². The van der Waals surface area contributed by atoms with E-state index in [0.29, 0.717) is 12.3 Å². The minimum Gasteiger partial charge on any atom is -0.496 e. The van der Waals surface area contributed by atoms with E-state index < -0.39 is 0 Å². The van der Waals surface area contributed by atoms with Gasteiger partial charge in [0.1, 0.15) is 5.75 Å². The zero-order valence-electron chi connectivity index (χ0n) is 12.6. The van der Waals surface area contributed by atoms with Crippen molar-refractivity contribution in [2.75, 3.05) is 13.7 Å². The van der Waals surface area contributed by atoms with Crippen LogP contribution >= 0.6 is 0 Å². The highest BCUT2D eigenvalue weighted by Crippen LogP contribution is 2.19. The predicted octanol–water partition coefficient (Wildman–Crippen LogP) is 3.13. The number of benzene rings is 1. The molecule has 0 aromatic heterocycles. The van der Waals surface area contributed by atoms with Gasteiger partial charge in [-0.25, -0.2) is 0 Å². The van der Waals surface area contributed by atoms with Gasteiger partial charge in [-0.05, 0) is 25.8 Å². The van der Waals surface area contributed by atoms with Crippen LogP contribution in [-0.2, 0) is 11.2 Å². The molecule has 0 fully saturated rings. The molecule has 0 bridgehead atoms. The van der Waals surface area contributed by atoms with Gasteiger partial charge in [0.15, 0.2) is 0 Å². The Hall–Kier alpha value is -1.51. The van der Waals surface area contributed by atoms with E-state index in [0.717, 1.165) is 17.9 Å². The van der Waals surface area contributed by atoms with Crippen LogP contribution in [0.15, 0.2) is 24.3 Å². The van der Waals surface area contributed by atoms with Gasteiger partial charge in [0.05, 0.1) is 13.5 Å². The van der Waals surface area contributed by atoms with Gasteiger partial charge in [-0.3, -0.25) is 4.79 Å². The molecule has 1 aromatic carbocycles. The molecule has 0 N–H and O–H groups in total. The van der Waals surface area contributed by atoms with Crippen LogP contribution in [0.5, 0.6) is 5.75 Å². The molecule has 19 heavy (non-hydrogen) atoms. The van der Waals surface area contributed by atoms with E-state index in [4.69, 9.17) is 4.74 Å². The molecule has 1 aromatic rings. The quantitative estimate of drug-likeness (QED) is 0.789. The number of rotatable bonds is 6. The molecular weight excluding hydrogens is 238 g/mol. The van der Waals surface area contributed by atoms with Crippen molar-refractivity contribution in [3.8, 4) is 5.75 Å². The number of hydrogen-bond donors (Lipinski definition) is 0. The molecule has 0 atom stereocenters. The molecule has 0 unspecified atom stereocenters. The Morgan fingerprint density at radius 3 is 2.37 bits per heavy atom. The fraction of sp³-hybridized carbons (Fsp3) is 0.562. The molecule has 0 aliphatic carbocycles. The number of ether oxygens (including phenoxy) is 1. The fourth-order valence-corrected chi connectivity index (χ4v) is 2.11. The molecule has 0 heterocycles. The standard InChI is InChI=1S/C16H25NO2/c1-12(2)11-17(13(3)4)16(18)10-14-8-6-7-9-15(14)19-5/h6-9,12-13H,10-11H2,1-5H3. The monoisotopic (exact) mass is 263 g/mol. The third kappa shape index (κ3) is 4.58. The van der Waals surface area contributed by atoms with Gasteiger partial charge in [0.2, 0.25) is 5.91 Å². The van der Waals surface area contributed by atoms with Crippen molar-refractivity contribution in [2.24, 2.45) is 5.92 Å². The molecule has 0 aliphatic heterocycles. The van der Waals surface area contributed by atoms with Crippen LogP contribution in [0.4, 0.5) is 0 Å². The maximum Gasteiger partial charge on any atom is 0.227 e. The summed E-state index contributed by atoms with van der Waals surface area (Å²) in [5.41, 5.74) is 0.949. The number of amides is 1. The molecule has 3 nitrogen and oxygen atoms in total. The molecular formula is C16H25NO2. The Balaban J connectivity index is 2.81. The molecule has 3 heteroatoms. The van der Waals surface area contributed by atoms with Crippen molar-refractivity contribution in [1.29, 1.82) is 0 Å². The molecule has 0 saturated heterocycles. The average Bonchev–Trinajstić information content (AvgIpc) is 2.36. The van der Waals surface area contributed by atoms with E-state index in [1.165, 1.54) is 0 Å². The van der Waals surface area contributed by atoms with Crippen LogP contribution < -0.4 is 4.74 Å². The van der Waals surface area contributed by atoms with Crippen molar-refractivity contribution >= 4 is 5.91 Å². The Morgan fingerprint density at radius 1 is 1.21 bits per heavy atom. The summed E-state index contributed by atoms with van der Waals surface area (Å²) >= 11 is 0. The van der Waals surface area contributed by atoms with Gasteiger partial charge < -0.3 is 9.64 Å². The Labute approximate surface area is 116 Å².